The minimum absolute atomic E-state index is 0.0566. The van der Waals surface area contributed by atoms with Gasteiger partial charge in [-0.1, -0.05) is 42.7 Å². The van der Waals surface area contributed by atoms with Crippen LogP contribution in [-0.4, -0.2) is 7.11 Å². The normalized spacial score (nSPS) is 10.2. The molecule has 0 atom stereocenters. The highest BCUT2D eigenvalue weighted by atomic mass is 19.2. The van der Waals surface area contributed by atoms with Crippen molar-refractivity contribution in [2.24, 2.45) is 0 Å². The fourth-order valence-electron chi connectivity index (χ4n) is 2.60. The van der Waals surface area contributed by atoms with E-state index < -0.39 is 23.3 Å². The van der Waals surface area contributed by atoms with Crippen LogP contribution in [0, 0.1) is 35.1 Å². The number of benzene rings is 3. The van der Waals surface area contributed by atoms with Gasteiger partial charge in [0.25, 0.3) is 0 Å². The molecule has 0 unspecified atom stereocenters. The molecule has 1 nitrogen and oxygen atoms in total. The highest BCUT2D eigenvalue weighted by Gasteiger charge is 2.15. The molecule has 3 rings (SSSR count). The first kappa shape index (κ1) is 19.2. The second-order valence-electron chi connectivity index (χ2n) is 5.81. The Bertz CT molecular complexity index is 1110. The van der Waals surface area contributed by atoms with Gasteiger partial charge >= 0.3 is 0 Å². The van der Waals surface area contributed by atoms with E-state index >= 15 is 0 Å². The predicted octanol–water partition coefficient (Wildman–Crippen LogP) is 5.96. The third kappa shape index (κ3) is 3.63. The number of ether oxygens (including phenoxy) is 1. The van der Waals surface area contributed by atoms with Crippen molar-refractivity contribution in [3.63, 3.8) is 0 Å². The van der Waals surface area contributed by atoms with Gasteiger partial charge in [-0.25, -0.2) is 13.2 Å². The molecule has 0 heterocycles. The molecule has 0 fully saturated rings. The van der Waals surface area contributed by atoms with E-state index in [2.05, 4.69) is 18.4 Å². The summed E-state index contributed by atoms with van der Waals surface area (Å²) >= 11 is 0. The van der Waals surface area contributed by atoms with Crippen molar-refractivity contribution in [1.82, 2.24) is 0 Å². The van der Waals surface area contributed by atoms with E-state index in [4.69, 9.17) is 4.74 Å². The Morgan fingerprint density at radius 1 is 0.786 bits per heavy atom. The third-order valence-electron chi connectivity index (χ3n) is 4.14. The lowest BCUT2D eigenvalue weighted by Crippen LogP contribution is -1.95. The van der Waals surface area contributed by atoms with Gasteiger partial charge in [-0.05, 0) is 35.9 Å². The molecule has 0 amide bonds. The highest BCUT2D eigenvalue weighted by molar-refractivity contribution is 5.66. The molecule has 0 aliphatic heterocycles. The fourth-order valence-corrected chi connectivity index (χ4v) is 2.60. The Labute approximate surface area is 159 Å². The summed E-state index contributed by atoms with van der Waals surface area (Å²) in [5.41, 5.74) is 0.991. The topological polar surface area (TPSA) is 9.23 Å². The van der Waals surface area contributed by atoms with Crippen LogP contribution in [0.5, 0.6) is 5.75 Å². The molecule has 28 heavy (non-hydrogen) atoms. The second kappa shape index (κ2) is 8.01. The first-order chi connectivity index (χ1) is 13.5. The lowest BCUT2D eigenvalue weighted by Gasteiger charge is -2.08. The Morgan fingerprint density at radius 2 is 1.50 bits per heavy atom. The zero-order chi connectivity index (χ0) is 20.3. The van der Waals surface area contributed by atoms with E-state index in [0.717, 1.165) is 0 Å². The number of hydrogen-bond acceptors (Lipinski definition) is 1. The monoisotopic (exact) mass is 382 g/mol. The molecular formula is C23H14F4O. The summed E-state index contributed by atoms with van der Waals surface area (Å²) in [5, 5.41) is 0. The Kier molecular flexibility index (Phi) is 5.51. The smallest absolute Gasteiger partial charge is 0.201 e. The first-order valence-corrected chi connectivity index (χ1v) is 8.21. The Balaban J connectivity index is 1.90. The van der Waals surface area contributed by atoms with Crippen LogP contribution in [0.25, 0.3) is 17.2 Å². The molecular weight excluding hydrogens is 368 g/mol. The summed E-state index contributed by atoms with van der Waals surface area (Å²) < 4.78 is 60.5. The van der Waals surface area contributed by atoms with Crippen LogP contribution >= 0.6 is 0 Å². The zero-order valence-corrected chi connectivity index (χ0v) is 14.8. The van der Waals surface area contributed by atoms with Crippen LogP contribution in [0.2, 0.25) is 0 Å². The molecule has 0 bridgehead atoms. The minimum Gasteiger partial charge on any atom is -0.494 e. The summed E-state index contributed by atoms with van der Waals surface area (Å²) in [6.07, 6.45) is 1.22. The van der Waals surface area contributed by atoms with Crippen LogP contribution in [0.1, 0.15) is 16.7 Å². The van der Waals surface area contributed by atoms with Crippen molar-refractivity contribution in [1.29, 1.82) is 0 Å². The van der Waals surface area contributed by atoms with Crippen molar-refractivity contribution in [3.8, 4) is 28.7 Å². The maximum absolute atomic E-state index is 14.2. The maximum atomic E-state index is 14.2. The maximum Gasteiger partial charge on any atom is 0.201 e. The number of rotatable bonds is 3. The molecule has 0 saturated carbocycles. The van der Waals surface area contributed by atoms with Gasteiger partial charge in [0.1, 0.15) is 0 Å². The average Bonchev–Trinajstić information content (AvgIpc) is 2.72. The molecule has 0 aliphatic rings. The summed E-state index contributed by atoms with van der Waals surface area (Å²) in [4.78, 5) is 0. The molecule has 0 spiro atoms. The van der Waals surface area contributed by atoms with Gasteiger partial charge < -0.3 is 4.74 Å². The van der Waals surface area contributed by atoms with Crippen molar-refractivity contribution >= 4 is 6.08 Å². The van der Waals surface area contributed by atoms with Crippen molar-refractivity contribution < 1.29 is 22.3 Å². The molecule has 3 aromatic rings. The minimum atomic E-state index is -1.07. The molecule has 0 aliphatic carbocycles. The van der Waals surface area contributed by atoms with Gasteiger partial charge in [-0.2, -0.15) is 4.39 Å². The van der Waals surface area contributed by atoms with E-state index in [9.17, 15) is 17.6 Å². The van der Waals surface area contributed by atoms with Gasteiger partial charge in [0.15, 0.2) is 23.2 Å². The molecule has 5 heteroatoms. The Hall–Kier alpha value is -3.52. The lowest BCUT2D eigenvalue weighted by atomic mass is 10.0. The van der Waals surface area contributed by atoms with E-state index in [0.29, 0.717) is 11.1 Å². The van der Waals surface area contributed by atoms with E-state index in [1.54, 1.807) is 24.3 Å². The first-order valence-electron chi connectivity index (χ1n) is 8.21. The second-order valence-corrected chi connectivity index (χ2v) is 5.81. The Morgan fingerprint density at radius 3 is 2.14 bits per heavy atom. The summed E-state index contributed by atoms with van der Waals surface area (Å²) in [6.45, 7) is 3.41. The fraction of sp³-hybridized carbons (Fsp3) is 0.0435. The average molecular weight is 382 g/mol. The highest BCUT2D eigenvalue weighted by Crippen LogP contribution is 2.29. The summed E-state index contributed by atoms with van der Waals surface area (Å²) in [6, 6.07) is 11.8. The lowest BCUT2D eigenvalue weighted by molar-refractivity contribution is 0.372. The van der Waals surface area contributed by atoms with Crippen LogP contribution in [-0.2, 0) is 0 Å². The summed E-state index contributed by atoms with van der Waals surface area (Å²) in [5.74, 6) is 0.975. The molecule has 0 saturated heterocycles. The van der Waals surface area contributed by atoms with Gasteiger partial charge in [-0.15, -0.1) is 0 Å². The van der Waals surface area contributed by atoms with Crippen LogP contribution in [0.4, 0.5) is 17.6 Å². The molecule has 3 aromatic carbocycles. The quantitative estimate of drug-likeness (QED) is 0.401. The van der Waals surface area contributed by atoms with Crippen molar-refractivity contribution in [3.05, 3.63) is 95.1 Å². The van der Waals surface area contributed by atoms with Gasteiger partial charge in [0.05, 0.1) is 12.7 Å². The van der Waals surface area contributed by atoms with Crippen LogP contribution in [0.3, 0.4) is 0 Å². The van der Waals surface area contributed by atoms with Gasteiger partial charge in [0.2, 0.25) is 5.82 Å². The number of methoxy groups -OCH3 is 1. The van der Waals surface area contributed by atoms with Gasteiger partial charge in [0, 0.05) is 16.7 Å². The van der Waals surface area contributed by atoms with Crippen LogP contribution in [0.15, 0.2) is 55.1 Å². The van der Waals surface area contributed by atoms with Gasteiger partial charge in [-0.3, -0.25) is 0 Å². The van der Waals surface area contributed by atoms with Crippen molar-refractivity contribution in [2.75, 3.05) is 7.11 Å². The number of halogens is 4. The molecule has 0 radical (unpaired) electrons. The largest absolute Gasteiger partial charge is 0.494 e. The van der Waals surface area contributed by atoms with E-state index in [-0.39, 0.29) is 22.4 Å². The van der Waals surface area contributed by atoms with E-state index in [1.807, 2.05) is 0 Å². The predicted molar refractivity (Wildman–Crippen MR) is 101 cm³/mol. The van der Waals surface area contributed by atoms with Crippen molar-refractivity contribution in [2.45, 2.75) is 0 Å². The number of hydrogen-bond donors (Lipinski definition) is 0. The summed E-state index contributed by atoms with van der Waals surface area (Å²) in [7, 11) is 1.25. The molecule has 0 N–H and O–H groups in total. The third-order valence-corrected chi connectivity index (χ3v) is 4.14. The SMILES string of the molecule is C=Cc1ccc(C#Cc2ccc(-c3ccc(OC)c(F)c3F)cc2)c(F)c1F. The van der Waals surface area contributed by atoms with Crippen LogP contribution < -0.4 is 4.74 Å². The molecule has 0 aromatic heterocycles. The van der Waals surface area contributed by atoms with E-state index in [1.165, 1.54) is 37.5 Å². The molecule has 140 valence electrons. The standard InChI is InChI=1S/C23H14F4O/c1-3-15-10-11-17(21(25)20(15)24)9-6-14-4-7-16(8-5-14)18-12-13-19(28-2)23(27)22(18)26/h3-5,7-8,10-13H,1H2,2H3. The zero-order valence-electron chi connectivity index (χ0n) is 14.8.